The zero-order chi connectivity index (χ0) is 13.0. The molecule has 0 radical (unpaired) electrons. The number of aromatic nitrogens is 1. The first-order chi connectivity index (χ1) is 8.68. The van der Waals surface area contributed by atoms with E-state index < -0.39 is 0 Å². The van der Waals surface area contributed by atoms with Gasteiger partial charge in [-0.1, -0.05) is 12.8 Å². The summed E-state index contributed by atoms with van der Waals surface area (Å²) in [5.41, 5.74) is 0.609. The maximum absolute atomic E-state index is 12.2. The van der Waals surface area contributed by atoms with Crippen LogP contribution in [0.25, 0.3) is 0 Å². The van der Waals surface area contributed by atoms with Crippen LogP contribution < -0.4 is 0 Å². The molecule has 0 unspecified atom stereocenters. The second kappa shape index (κ2) is 5.85. The molecule has 2 rings (SSSR count). The van der Waals surface area contributed by atoms with Crippen LogP contribution >= 0.6 is 0 Å². The summed E-state index contributed by atoms with van der Waals surface area (Å²) < 4.78 is 1.75. The molecule has 0 bridgehead atoms. The van der Waals surface area contributed by atoms with Crippen molar-refractivity contribution >= 4 is 11.7 Å². The van der Waals surface area contributed by atoms with Crippen LogP contribution in [-0.4, -0.2) is 34.2 Å². The van der Waals surface area contributed by atoms with E-state index in [0.29, 0.717) is 5.69 Å². The SMILES string of the molecule is CC(=O)c1cccn1CC(=O)N1CCCCCC1. The van der Waals surface area contributed by atoms with Gasteiger partial charge in [-0.2, -0.15) is 0 Å². The molecule has 1 aliphatic rings. The van der Waals surface area contributed by atoms with Gasteiger partial charge in [0.2, 0.25) is 5.91 Å². The molecule has 1 amide bonds. The Kier molecular flexibility index (Phi) is 4.18. The Bertz CT molecular complexity index is 429. The maximum Gasteiger partial charge on any atom is 0.242 e. The molecule has 1 aromatic rings. The third-order valence-corrected chi connectivity index (χ3v) is 3.45. The van der Waals surface area contributed by atoms with Crippen LogP contribution in [0.3, 0.4) is 0 Å². The summed E-state index contributed by atoms with van der Waals surface area (Å²) in [7, 11) is 0. The molecule has 0 spiro atoms. The van der Waals surface area contributed by atoms with Gasteiger partial charge in [-0.25, -0.2) is 0 Å². The van der Waals surface area contributed by atoms with Crippen LogP contribution in [0.1, 0.15) is 43.1 Å². The number of amides is 1. The van der Waals surface area contributed by atoms with E-state index >= 15 is 0 Å². The molecule has 0 aromatic carbocycles. The van der Waals surface area contributed by atoms with E-state index in [1.807, 2.05) is 11.0 Å². The summed E-state index contributed by atoms with van der Waals surface area (Å²) in [6.07, 6.45) is 6.42. The van der Waals surface area contributed by atoms with E-state index in [1.165, 1.54) is 19.8 Å². The molecule has 4 nitrogen and oxygen atoms in total. The highest BCUT2D eigenvalue weighted by Gasteiger charge is 2.17. The van der Waals surface area contributed by atoms with Crippen molar-refractivity contribution in [3.8, 4) is 0 Å². The number of rotatable bonds is 3. The van der Waals surface area contributed by atoms with Crippen LogP contribution in [0.15, 0.2) is 18.3 Å². The number of hydrogen-bond acceptors (Lipinski definition) is 2. The molecule has 0 saturated carbocycles. The molecule has 98 valence electrons. The number of hydrogen-bond donors (Lipinski definition) is 0. The summed E-state index contributed by atoms with van der Waals surface area (Å²) in [6.45, 7) is 3.52. The van der Waals surface area contributed by atoms with Gasteiger partial charge < -0.3 is 9.47 Å². The van der Waals surface area contributed by atoms with E-state index in [1.54, 1.807) is 16.8 Å². The van der Waals surface area contributed by atoms with E-state index in [0.717, 1.165) is 25.9 Å². The molecule has 0 aliphatic carbocycles. The lowest BCUT2D eigenvalue weighted by Crippen LogP contribution is -2.34. The smallest absolute Gasteiger partial charge is 0.242 e. The lowest BCUT2D eigenvalue weighted by atomic mass is 10.2. The van der Waals surface area contributed by atoms with Crippen LogP contribution in [0.2, 0.25) is 0 Å². The third-order valence-electron chi connectivity index (χ3n) is 3.45. The maximum atomic E-state index is 12.2. The van der Waals surface area contributed by atoms with Crippen LogP contribution in [0.5, 0.6) is 0 Å². The molecule has 1 aromatic heterocycles. The van der Waals surface area contributed by atoms with Crippen molar-refractivity contribution in [1.29, 1.82) is 0 Å². The number of Topliss-reactive ketones (excluding diaryl/α,β-unsaturated/α-hetero) is 1. The lowest BCUT2D eigenvalue weighted by molar-refractivity contribution is -0.131. The predicted octanol–water partition coefficient (Wildman–Crippen LogP) is 2.09. The molecule has 1 saturated heterocycles. The predicted molar refractivity (Wildman–Crippen MR) is 69.5 cm³/mol. The second-order valence-electron chi connectivity index (χ2n) is 4.87. The summed E-state index contributed by atoms with van der Waals surface area (Å²) in [5, 5.41) is 0. The normalized spacial score (nSPS) is 16.4. The molecular weight excluding hydrogens is 228 g/mol. The van der Waals surface area contributed by atoms with Gasteiger partial charge in [0.15, 0.2) is 5.78 Å². The van der Waals surface area contributed by atoms with Gasteiger partial charge in [0.05, 0.1) is 5.69 Å². The van der Waals surface area contributed by atoms with Gasteiger partial charge in [0.25, 0.3) is 0 Å². The van der Waals surface area contributed by atoms with Crippen LogP contribution in [0, 0.1) is 0 Å². The zero-order valence-corrected chi connectivity index (χ0v) is 10.9. The van der Waals surface area contributed by atoms with Crippen molar-refractivity contribution < 1.29 is 9.59 Å². The molecule has 4 heteroatoms. The Balaban J connectivity index is 2.01. The van der Waals surface area contributed by atoms with Crippen molar-refractivity contribution in [2.75, 3.05) is 13.1 Å². The molecule has 1 aliphatic heterocycles. The Morgan fingerprint density at radius 2 is 1.83 bits per heavy atom. The van der Waals surface area contributed by atoms with Gasteiger partial charge in [-0.15, -0.1) is 0 Å². The number of carbonyl (C=O) groups excluding carboxylic acids is 2. The number of carbonyl (C=O) groups is 2. The van der Waals surface area contributed by atoms with Gasteiger partial charge in [0.1, 0.15) is 6.54 Å². The van der Waals surface area contributed by atoms with Crippen molar-refractivity contribution in [2.24, 2.45) is 0 Å². The van der Waals surface area contributed by atoms with Gasteiger partial charge in [0, 0.05) is 26.2 Å². The molecular formula is C14H20N2O2. The number of nitrogens with zero attached hydrogens (tertiary/aromatic N) is 2. The van der Waals surface area contributed by atoms with Crippen molar-refractivity contribution in [3.63, 3.8) is 0 Å². The highest BCUT2D eigenvalue weighted by molar-refractivity contribution is 5.93. The molecule has 0 N–H and O–H groups in total. The largest absolute Gasteiger partial charge is 0.341 e. The van der Waals surface area contributed by atoms with Crippen molar-refractivity contribution in [3.05, 3.63) is 24.0 Å². The summed E-state index contributed by atoms with van der Waals surface area (Å²) >= 11 is 0. The average Bonchev–Trinajstić information content (AvgIpc) is 2.63. The molecule has 0 atom stereocenters. The fourth-order valence-electron chi connectivity index (χ4n) is 2.44. The highest BCUT2D eigenvalue weighted by atomic mass is 16.2. The standard InChI is InChI=1S/C14H20N2O2/c1-12(17)13-7-6-10-16(13)11-14(18)15-8-4-2-3-5-9-15/h6-7,10H,2-5,8-9,11H2,1H3. The van der Waals surface area contributed by atoms with Crippen molar-refractivity contribution in [1.82, 2.24) is 9.47 Å². The first kappa shape index (κ1) is 12.9. The highest BCUT2D eigenvalue weighted by Crippen LogP contribution is 2.11. The lowest BCUT2D eigenvalue weighted by Gasteiger charge is -2.21. The average molecular weight is 248 g/mol. The Morgan fingerprint density at radius 1 is 1.17 bits per heavy atom. The second-order valence-corrected chi connectivity index (χ2v) is 4.87. The fourth-order valence-corrected chi connectivity index (χ4v) is 2.44. The summed E-state index contributed by atoms with van der Waals surface area (Å²) in [4.78, 5) is 25.5. The quantitative estimate of drug-likeness (QED) is 0.769. The first-order valence-electron chi connectivity index (χ1n) is 6.62. The van der Waals surface area contributed by atoms with Gasteiger partial charge >= 0.3 is 0 Å². The fraction of sp³-hybridized carbons (Fsp3) is 0.571. The topological polar surface area (TPSA) is 42.3 Å². The zero-order valence-electron chi connectivity index (χ0n) is 10.9. The molecule has 2 heterocycles. The van der Waals surface area contributed by atoms with E-state index in [9.17, 15) is 9.59 Å². The Morgan fingerprint density at radius 3 is 2.44 bits per heavy atom. The number of ketones is 1. The Hall–Kier alpha value is -1.58. The third kappa shape index (κ3) is 3.00. The van der Waals surface area contributed by atoms with Crippen LogP contribution in [0.4, 0.5) is 0 Å². The van der Waals surface area contributed by atoms with Crippen LogP contribution in [-0.2, 0) is 11.3 Å². The van der Waals surface area contributed by atoms with Gasteiger partial charge in [-0.3, -0.25) is 9.59 Å². The van der Waals surface area contributed by atoms with Gasteiger partial charge in [-0.05, 0) is 25.0 Å². The van der Waals surface area contributed by atoms with E-state index in [4.69, 9.17) is 0 Å². The Labute approximate surface area is 108 Å². The van der Waals surface area contributed by atoms with E-state index in [2.05, 4.69) is 0 Å². The minimum Gasteiger partial charge on any atom is -0.341 e. The number of likely N-dealkylation sites (tertiary alicyclic amines) is 1. The minimum atomic E-state index is 0.00339. The van der Waals surface area contributed by atoms with Crippen molar-refractivity contribution in [2.45, 2.75) is 39.2 Å². The molecule has 1 fully saturated rings. The molecule has 18 heavy (non-hydrogen) atoms. The summed E-state index contributed by atoms with van der Waals surface area (Å²) in [5.74, 6) is 0.124. The minimum absolute atomic E-state index is 0.00339. The first-order valence-corrected chi connectivity index (χ1v) is 6.62. The van der Waals surface area contributed by atoms with E-state index in [-0.39, 0.29) is 18.2 Å². The summed E-state index contributed by atoms with van der Waals surface area (Å²) in [6, 6.07) is 3.57. The monoisotopic (exact) mass is 248 g/mol.